The highest BCUT2D eigenvalue weighted by Gasteiger charge is 2.38. The minimum Gasteiger partial charge on any atom is -0.378 e. The van der Waals surface area contributed by atoms with Crippen molar-refractivity contribution in [2.45, 2.75) is 56.4 Å². The Morgan fingerprint density at radius 1 is 0.971 bits per heavy atom. The summed E-state index contributed by atoms with van der Waals surface area (Å²) in [5.74, 6) is 0.549. The number of fused-ring (bicyclic) bond motifs is 3. The molecule has 0 spiro atoms. The molecule has 4 nitrogen and oxygen atoms in total. The van der Waals surface area contributed by atoms with Gasteiger partial charge in [0.25, 0.3) is 10.0 Å². The molecule has 0 amide bonds. The highest BCUT2D eigenvalue weighted by molar-refractivity contribution is 7.92. The van der Waals surface area contributed by atoms with Crippen LogP contribution >= 0.6 is 0 Å². The summed E-state index contributed by atoms with van der Waals surface area (Å²) in [6, 6.07) is 22.0. The maximum Gasteiger partial charge on any atom is 0.261 e. The Bertz CT molecular complexity index is 1350. The van der Waals surface area contributed by atoms with Crippen LogP contribution < -0.4 is 10.0 Å². The number of sulfonamides is 1. The van der Waals surface area contributed by atoms with E-state index >= 15 is 0 Å². The Labute approximate surface area is 203 Å². The lowest BCUT2D eigenvalue weighted by atomic mass is 9.76. The van der Waals surface area contributed by atoms with Gasteiger partial charge in [-0.1, -0.05) is 75.4 Å². The Morgan fingerprint density at radius 3 is 2.41 bits per heavy atom. The summed E-state index contributed by atoms with van der Waals surface area (Å²) in [6.45, 7) is 8.59. The minimum atomic E-state index is -3.68. The molecule has 0 unspecified atom stereocenters. The molecule has 3 aromatic carbocycles. The number of hydrogen-bond acceptors (Lipinski definition) is 3. The molecule has 2 aliphatic rings. The van der Waals surface area contributed by atoms with Gasteiger partial charge in [0.15, 0.2) is 0 Å². The number of rotatable bonds is 4. The molecule has 2 N–H and O–H groups in total. The van der Waals surface area contributed by atoms with Crippen molar-refractivity contribution in [2.75, 3.05) is 10.0 Å². The average Bonchev–Trinajstić information content (AvgIpc) is 3.29. The van der Waals surface area contributed by atoms with E-state index in [2.05, 4.69) is 67.2 Å². The lowest BCUT2D eigenvalue weighted by Crippen LogP contribution is -2.29. The van der Waals surface area contributed by atoms with Crippen LogP contribution in [0.5, 0.6) is 0 Å². The number of nitrogens with one attached hydrogen (secondary N) is 2. The van der Waals surface area contributed by atoms with E-state index in [-0.39, 0.29) is 17.4 Å². The van der Waals surface area contributed by atoms with Crippen LogP contribution in [0, 0.1) is 12.8 Å². The van der Waals surface area contributed by atoms with Crippen LogP contribution in [0.4, 0.5) is 11.4 Å². The third kappa shape index (κ3) is 4.14. The molecule has 0 saturated carbocycles. The molecule has 0 fully saturated rings. The van der Waals surface area contributed by atoms with Gasteiger partial charge in [-0.2, -0.15) is 0 Å². The van der Waals surface area contributed by atoms with Gasteiger partial charge in [-0.15, -0.1) is 0 Å². The van der Waals surface area contributed by atoms with Gasteiger partial charge in [0.1, 0.15) is 0 Å². The van der Waals surface area contributed by atoms with E-state index in [9.17, 15) is 8.42 Å². The van der Waals surface area contributed by atoms with Gasteiger partial charge in [0, 0.05) is 11.6 Å². The third-order valence-corrected chi connectivity index (χ3v) is 8.53. The minimum absolute atomic E-state index is 0.122. The molecule has 5 rings (SSSR count). The molecule has 1 heterocycles. The highest BCUT2D eigenvalue weighted by Crippen LogP contribution is 2.50. The third-order valence-electron chi connectivity index (χ3n) is 7.17. The van der Waals surface area contributed by atoms with Crippen LogP contribution in [0.25, 0.3) is 0 Å². The largest absolute Gasteiger partial charge is 0.378 e. The molecule has 0 bridgehead atoms. The Morgan fingerprint density at radius 2 is 1.71 bits per heavy atom. The van der Waals surface area contributed by atoms with Gasteiger partial charge in [-0.25, -0.2) is 8.42 Å². The topological polar surface area (TPSA) is 58.2 Å². The molecule has 0 radical (unpaired) electrons. The zero-order valence-electron chi connectivity index (χ0n) is 20.2. The van der Waals surface area contributed by atoms with Gasteiger partial charge in [-0.3, -0.25) is 4.72 Å². The first kappa shape index (κ1) is 22.7. The van der Waals surface area contributed by atoms with Gasteiger partial charge >= 0.3 is 0 Å². The Balaban J connectivity index is 1.46. The van der Waals surface area contributed by atoms with E-state index in [1.165, 1.54) is 11.1 Å². The van der Waals surface area contributed by atoms with Crippen LogP contribution in [0.15, 0.2) is 83.8 Å². The summed E-state index contributed by atoms with van der Waals surface area (Å²) < 4.78 is 29.1. The normalized spacial score (nSPS) is 21.5. The van der Waals surface area contributed by atoms with Crippen molar-refractivity contribution < 1.29 is 8.42 Å². The molecule has 0 aromatic heterocycles. The van der Waals surface area contributed by atoms with Crippen molar-refractivity contribution in [3.8, 4) is 0 Å². The molecular weight excluding hydrogens is 440 g/mol. The van der Waals surface area contributed by atoms with Crippen molar-refractivity contribution in [1.29, 1.82) is 0 Å². The van der Waals surface area contributed by atoms with Gasteiger partial charge in [0.2, 0.25) is 0 Å². The van der Waals surface area contributed by atoms with Crippen LogP contribution in [0.1, 0.15) is 61.4 Å². The first-order valence-electron chi connectivity index (χ1n) is 11.9. The van der Waals surface area contributed by atoms with Gasteiger partial charge < -0.3 is 5.32 Å². The zero-order chi connectivity index (χ0) is 24.1. The number of allylic oxidation sites excluding steroid dienone is 2. The van der Waals surface area contributed by atoms with Crippen molar-refractivity contribution in [1.82, 2.24) is 0 Å². The van der Waals surface area contributed by atoms with E-state index in [1.807, 2.05) is 37.3 Å². The summed E-state index contributed by atoms with van der Waals surface area (Å²) in [4.78, 5) is 0.295. The quantitative estimate of drug-likeness (QED) is 0.405. The number of benzene rings is 3. The van der Waals surface area contributed by atoms with E-state index in [1.54, 1.807) is 12.1 Å². The fraction of sp³-hybridized carbons (Fsp3) is 0.310. The van der Waals surface area contributed by atoms with Crippen LogP contribution in [0.2, 0.25) is 0 Å². The van der Waals surface area contributed by atoms with Crippen molar-refractivity contribution in [3.05, 3.63) is 101 Å². The number of aryl methyl sites for hydroxylation is 1. The van der Waals surface area contributed by atoms with Crippen molar-refractivity contribution >= 4 is 21.4 Å². The van der Waals surface area contributed by atoms with Gasteiger partial charge in [-0.05, 0) is 71.2 Å². The van der Waals surface area contributed by atoms with Crippen molar-refractivity contribution in [2.24, 2.45) is 5.92 Å². The molecule has 5 heteroatoms. The molecule has 34 heavy (non-hydrogen) atoms. The summed E-state index contributed by atoms with van der Waals surface area (Å²) in [7, 11) is -3.68. The monoisotopic (exact) mass is 472 g/mol. The van der Waals surface area contributed by atoms with Gasteiger partial charge in [0.05, 0.1) is 16.6 Å². The smallest absolute Gasteiger partial charge is 0.261 e. The molecule has 1 aliphatic carbocycles. The fourth-order valence-corrected chi connectivity index (χ4v) is 6.32. The molecule has 1 aliphatic heterocycles. The Hall–Kier alpha value is -3.05. The van der Waals surface area contributed by atoms with E-state index in [0.29, 0.717) is 16.5 Å². The highest BCUT2D eigenvalue weighted by atomic mass is 32.2. The standard InChI is InChI=1S/C29H32N2O2S/c1-19-8-5-6-11-26(19)31-34(32,33)22-16-17-27-25(18-22)23-9-7-10-24(23)28(30-27)20-12-14-21(15-13-20)29(2,3)4/h5-9,11-18,23-24,28,30-31H,10H2,1-4H3/t23-,24+,28+/m0/s1. The number of hydrogen-bond donors (Lipinski definition) is 2. The first-order chi connectivity index (χ1) is 16.1. The molecule has 3 aromatic rings. The number of anilines is 2. The van der Waals surface area contributed by atoms with E-state index in [0.717, 1.165) is 23.2 Å². The summed E-state index contributed by atoms with van der Waals surface area (Å²) in [5, 5.41) is 3.73. The maximum atomic E-state index is 13.2. The predicted octanol–water partition coefficient (Wildman–Crippen LogP) is 6.92. The zero-order valence-corrected chi connectivity index (χ0v) is 21.0. The summed E-state index contributed by atoms with van der Waals surface area (Å²) in [5.41, 5.74) is 6.28. The average molecular weight is 473 g/mol. The maximum absolute atomic E-state index is 13.2. The van der Waals surface area contributed by atoms with E-state index in [4.69, 9.17) is 0 Å². The fourth-order valence-electron chi connectivity index (χ4n) is 5.15. The summed E-state index contributed by atoms with van der Waals surface area (Å²) >= 11 is 0. The van der Waals surface area contributed by atoms with E-state index < -0.39 is 10.0 Å². The second kappa shape index (κ2) is 8.31. The first-order valence-corrected chi connectivity index (χ1v) is 13.4. The lowest BCUT2D eigenvalue weighted by Gasteiger charge is -2.38. The van der Waals surface area contributed by atoms with Crippen LogP contribution in [-0.2, 0) is 15.4 Å². The number of para-hydroxylation sites is 1. The second-order valence-electron chi connectivity index (χ2n) is 10.5. The van der Waals surface area contributed by atoms with Crippen LogP contribution in [0.3, 0.4) is 0 Å². The van der Waals surface area contributed by atoms with Crippen LogP contribution in [-0.4, -0.2) is 8.42 Å². The summed E-state index contributed by atoms with van der Waals surface area (Å²) in [6.07, 6.45) is 5.45. The SMILES string of the molecule is Cc1ccccc1NS(=O)(=O)c1ccc2c(c1)[C@H]1C=CC[C@H]1[C@@H](c1ccc(C(C)(C)C)cc1)N2. The molecule has 0 saturated heterocycles. The van der Waals surface area contributed by atoms with Crippen molar-refractivity contribution in [3.63, 3.8) is 0 Å². The second-order valence-corrected chi connectivity index (χ2v) is 12.2. The molecular formula is C29H32N2O2S. The molecule has 3 atom stereocenters. The lowest BCUT2D eigenvalue weighted by molar-refractivity contribution is 0.425. The Kier molecular flexibility index (Phi) is 5.56. The molecule has 176 valence electrons. The predicted molar refractivity (Wildman–Crippen MR) is 140 cm³/mol.